The van der Waals surface area contributed by atoms with E-state index >= 15 is 0 Å². The van der Waals surface area contributed by atoms with Crippen molar-refractivity contribution >= 4 is 16.7 Å². The third kappa shape index (κ3) is 3.14. The van der Waals surface area contributed by atoms with Crippen LogP contribution in [-0.4, -0.2) is 17.6 Å². The number of fused-ring (bicyclic) bond motifs is 2. The predicted molar refractivity (Wildman–Crippen MR) is 105 cm³/mol. The Bertz CT molecular complexity index is 811. The highest BCUT2D eigenvalue weighted by atomic mass is 16.5. The van der Waals surface area contributed by atoms with E-state index in [1.165, 1.54) is 22.8 Å². The van der Waals surface area contributed by atoms with Crippen molar-refractivity contribution in [2.24, 2.45) is 11.8 Å². The topological polar surface area (TPSA) is 38.3 Å². The molecule has 2 aromatic carbocycles. The number of ether oxygens (including phenoxy) is 1. The van der Waals surface area contributed by atoms with Crippen LogP contribution in [0.25, 0.3) is 10.8 Å². The fourth-order valence-electron chi connectivity index (χ4n) is 5.26. The van der Waals surface area contributed by atoms with Crippen LogP contribution in [-0.2, 0) is 9.53 Å². The molecule has 3 heteroatoms. The van der Waals surface area contributed by atoms with Crippen LogP contribution in [0.3, 0.4) is 0 Å². The van der Waals surface area contributed by atoms with Crippen molar-refractivity contribution < 1.29 is 9.53 Å². The molecule has 0 spiro atoms. The van der Waals surface area contributed by atoms with Crippen LogP contribution in [0.15, 0.2) is 42.5 Å². The fraction of sp³-hybridized carbons (Fsp3) is 0.522. The molecule has 1 aliphatic heterocycles. The van der Waals surface area contributed by atoms with Gasteiger partial charge in [0.1, 0.15) is 0 Å². The van der Waals surface area contributed by atoms with E-state index in [1.54, 1.807) is 6.92 Å². The summed E-state index contributed by atoms with van der Waals surface area (Å²) in [6.45, 7) is 6.17. The summed E-state index contributed by atoms with van der Waals surface area (Å²) in [6.07, 6.45) is 4.50. The third-order valence-corrected chi connectivity index (χ3v) is 6.45. The van der Waals surface area contributed by atoms with E-state index in [0.29, 0.717) is 11.8 Å². The van der Waals surface area contributed by atoms with Crippen LogP contribution in [0.4, 0.5) is 0 Å². The van der Waals surface area contributed by atoms with E-state index in [-0.39, 0.29) is 23.7 Å². The van der Waals surface area contributed by atoms with Gasteiger partial charge in [0.15, 0.2) is 0 Å². The minimum atomic E-state index is -0.212. The van der Waals surface area contributed by atoms with Gasteiger partial charge in [-0.3, -0.25) is 4.79 Å². The Labute approximate surface area is 156 Å². The lowest BCUT2D eigenvalue weighted by Gasteiger charge is -2.52. The van der Waals surface area contributed by atoms with E-state index in [2.05, 4.69) is 61.6 Å². The van der Waals surface area contributed by atoms with Crippen LogP contribution >= 0.6 is 0 Å². The molecule has 1 amide bonds. The highest BCUT2D eigenvalue weighted by Crippen LogP contribution is 2.48. The van der Waals surface area contributed by atoms with E-state index in [4.69, 9.17) is 4.74 Å². The zero-order valence-corrected chi connectivity index (χ0v) is 16.0. The van der Waals surface area contributed by atoms with E-state index in [9.17, 15) is 4.79 Å². The van der Waals surface area contributed by atoms with E-state index < -0.39 is 0 Å². The molecule has 2 aliphatic rings. The average molecular weight is 351 g/mol. The normalized spacial score (nSPS) is 34.3. The molecule has 4 rings (SSSR count). The van der Waals surface area contributed by atoms with Gasteiger partial charge >= 0.3 is 0 Å². The SMILES string of the molecule is CC(=O)N[C@]1(C)C[C@H](c2cccc3ccccc23)O[C@@H]2C[C@H](C)CC[C@H]21. The highest BCUT2D eigenvalue weighted by Gasteiger charge is 2.49. The lowest BCUT2D eigenvalue weighted by Crippen LogP contribution is -2.60. The molecule has 138 valence electrons. The molecule has 1 saturated carbocycles. The molecular weight excluding hydrogens is 322 g/mol. The Balaban J connectivity index is 1.73. The predicted octanol–water partition coefficient (Wildman–Crippen LogP) is 5.00. The summed E-state index contributed by atoms with van der Waals surface area (Å²) in [4.78, 5) is 12.0. The van der Waals surface area contributed by atoms with Crippen molar-refractivity contribution in [1.82, 2.24) is 5.32 Å². The summed E-state index contributed by atoms with van der Waals surface area (Å²) in [7, 11) is 0. The van der Waals surface area contributed by atoms with Crippen molar-refractivity contribution in [3.8, 4) is 0 Å². The van der Waals surface area contributed by atoms with Gasteiger partial charge in [0.05, 0.1) is 12.2 Å². The molecule has 2 aromatic rings. The Morgan fingerprint density at radius 3 is 2.73 bits per heavy atom. The zero-order valence-electron chi connectivity index (χ0n) is 16.0. The van der Waals surface area contributed by atoms with Gasteiger partial charge in [0.25, 0.3) is 0 Å². The Hall–Kier alpha value is -1.87. The first-order valence-corrected chi connectivity index (χ1v) is 9.88. The number of carbonyl (C=O) groups excluding carboxylic acids is 1. The molecule has 0 bridgehead atoms. The number of carbonyl (C=O) groups is 1. The molecule has 0 radical (unpaired) electrons. The maximum absolute atomic E-state index is 12.0. The lowest BCUT2D eigenvalue weighted by molar-refractivity contribution is -0.152. The second kappa shape index (κ2) is 6.70. The van der Waals surface area contributed by atoms with Crippen LogP contribution in [0.1, 0.15) is 58.1 Å². The number of rotatable bonds is 2. The maximum atomic E-state index is 12.0. The molecule has 0 unspecified atom stereocenters. The second-order valence-corrected chi connectivity index (χ2v) is 8.56. The van der Waals surface area contributed by atoms with Crippen molar-refractivity contribution in [2.45, 2.75) is 64.2 Å². The molecule has 1 N–H and O–H groups in total. The van der Waals surface area contributed by atoms with Crippen LogP contribution < -0.4 is 5.32 Å². The minimum Gasteiger partial charge on any atom is -0.370 e. The molecule has 26 heavy (non-hydrogen) atoms. The summed E-state index contributed by atoms with van der Waals surface area (Å²) < 4.78 is 6.68. The van der Waals surface area contributed by atoms with Crippen molar-refractivity contribution in [3.05, 3.63) is 48.0 Å². The summed E-state index contributed by atoms with van der Waals surface area (Å²) in [6, 6.07) is 15.0. The Kier molecular flexibility index (Phi) is 4.52. The van der Waals surface area contributed by atoms with Gasteiger partial charge in [-0.1, -0.05) is 55.8 Å². The average Bonchev–Trinajstić information content (AvgIpc) is 2.59. The second-order valence-electron chi connectivity index (χ2n) is 8.56. The highest BCUT2D eigenvalue weighted by molar-refractivity contribution is 5.86. The molecular formula is C23H29NO2. The van der Waals surface area contributed by atoms with E-state index in [1.807, 2.05) is 0 Å². The summed E-state index contributed by atoms with van der Waals surface area (Å²) >= 11 is 0. The van der Waals surface area contributed by atoms with Crippen molar-refractivity contribution in [2.75, 3.05) is 0 Å². The molecule has 0 aromatic heterocycles. The van der Waals surface area contributed by atoms with Crippen LogP contribution in [0.2, 0.25) is 0 Å². The quantitative estimate of drug-likeness (QED) is 0.827. The Morgan fingerprint density at radius 2 is 1.92 bits per heavy atom. The standard InChI is InChI=1S/C23H29NO2/c1-15-11-12-20-21(13-15)26-22(14-23(20,3)24-16(2)25)19-10-6-8-17-7-4-5-9-18(17)19/h4-10,15,20-22H,11-14H2,1-3H3,(H,24,25)/t15-,20-,21-,22-,23-/m1/s1. The van der Waals surface area contributed by atoms with Crippen molar-refractivity contribution in [3.63, 3.8) is 0 Å². The van der Waals surface area contributed by atoms with Crippen LogP contribution in [0.5, 0.6) is 0 Å². The number of hydrogen-bond acceptors (Lipinski definition) is 2. The summed E-state index contributed by atoms with van der Waals surface area (Å²) in [5.74, 6) is 1.14. The number of nitrogens with one attached hydrogen (secondary N) is 1. The number of amides is 1. The van der Waals surface area contributed by atoms with Crippen molar-refractivity contribution in [1.29, 1.82) is 0 Å². The first-order valence-electron chi connectivity index (χ1n) is 9.88. The van der Waals surface area contributed by atoms with Gasteiger partial charge < -0.3 is 10.1 Å². The van der Waals surface area contributed by atoms with Gasteiger partial charge in [-0.2, -0.15) is 0 Å². The van der Waals surface area contributed by atoms with Gasteiger partial charge in [0.2, 0.25) is 5.91 Å². The fourth-order valence-corrected chi connectivity index (χ4v) is 5.26. The zero-order chi connectivity index (χ0) is 18.3. The third-order valence-electron chi connectivity index (χ3n) is 6.45. The number of hydrogen-bond donors (Lipinski definition) is 1. The number of benzene rings is 2. The minimum absolute atomic E-state index is 0.0181. The first kappa shape index (κ1) is 17.5. The van der Waals surface area contributed by atoms with Gasteiger partial charge in [0, 0.05) is 24.8 Å². The van der Waals surface area contributed by atoms with E-state index in [0.717, 1.165) is 19.3 Å². The van der Waals surface area contributed by atoms with Crippen LogP contribution in [0, 0.1) is 11.8 Å². The maximum Gasteiger partial charge on any atom is 0.217 e. The molecule has 1 heterocycles. The first-order chi connectivity index (χ1) is 12.5. The molecule has 3 nitrogen and oxygen atoms in total. The van der Waals surface area contributed by atoms with Gasteiger partial charge in [-0.25, -0.2) is 0 Å². The Morgan fingerprint density at radius 1 is 1.15 bits per heavy atom. The summed E-state index contributed by atoms with van der Waals surface area (Å²) in [5.41, 5.74) is 1.03. The molecule has 5 atom stereocenters. The smallest absolute Gasteiger partial charge is 0.217 e. The summed E-state index contributed by atoms with van der Waals surface area (Å²) in [5, 5.41) is 5.80. The molecule has 1 saturated heterocycles. The molecule has 1 aliphatic carbocycles. The van der Waals surface area contributed by atoms with Gasteiger partial charge in [-0.15, -0.1) is 0 Å². The van der Waals surface area contributed by atoms with Gasteiger partial charge in [-0.05, 0) is 42.0 Å². The molecule has 2 fully saturated rings. The largest absolute Gasteiger partial charge is 0.370 e. The monoisotopic (exact) mass is 351 g/mol. The lowest BCUT2D eigenvalue weighted by atomic mass is 9.66.